The number of carboxylic acid groups (broad SMARTS) is 1. The van der Waals surface area contributed by atoms with Crippen molar-refractivity contribution in [3.63, 3.8) is 0 Å². The van der Waals surface area contributed by atoms with Crippen molar-refractivity contribution in [1.82, 2.24) is 9.78 Å². The molecule has 88 valence electrons. The molecule has 1 heterocycles. The Morgan fingerprint density at radius 3 is 2.59 bits per heavy atom. The van der Waals surface area contributed by atoms with E-state index in [1.807, 2.05) is 0 Å². The lowest BCUT2D eigenvalue weighted by molar-refractivity contribution is 0.0689. The Hall–Kier alpha value is -2.37. The minimum Gasteiger partial charge on any atom is -0.493 e. The number of benzene rings is 1. The lowest BCUT2D eigenvalue weighted by Crippen LogP contribution is -2.03. The minimum atomic E-state index is -1.27. The van der Waals surface area contributed by atoms with Gasteiger partial charge in [-0.15, -0.1) is 0 Å². The molecule has 0 spiro atoms. The molecule has 17 heavy (non-hydrogen) atoms. The van der Waals surface area contributed by atoms with Crippen molar-refractivity contribution in [2.75, 3.05) is 0 Å². The molecule has 0 saturated heterocycles. The van der Waals surface area contributed by atoms with Crippen molar-refractivity contribution in [2.24, 2.45) is 0 Å². The van der Waals surface area contributed by atoms with Gasteiger partial charge in [0.1, 0.15) is 11.5 Å². The Labute approximate surface area is 95.7 Å². The van der Waals surface area contributed by atoms with Gasteiger partial charge in [-0.25, -0.2) is 9.18 Å². The monoisotopic (exact) mass is 236 g/mol. The molecule has 2 rings (SSSR count). The van der Waals surface area contributed by atoms with E-state index in [1.54, 1.807) is 6.07 Å². The number of carbonyl (C=O) groups is 1. The molecule has 0 aliphatic heterocycles. The second kappa shape index (κ2) is 3.89. The predicted molar refractivity (Wildman–Crippen MR) is 56.9 cm³/mol. The average Bonchev–Trinajstić information content (AvgIpc) is 2.57. The van der Waals surface area contributed by atoms with E-state index in [9.17, 15) is 14.3 Å². The first kappa shape index (κ1) is 11.1. The predicted octanol–water partition coefficient (Wildman–Crippen LogP) is 1.72. The first-order valence-corrected chi connectivity index (χ1v) is 4.79. The van der Waals surface area contributed by atoms with Gasteiger partial charge in [-0.3, -0.25) is 0 Å². The fraction of sp³-hybridized carbons (Fsp3) is 0.0909. The first-order chi connectivity index (χ1) is 8.02. The second-order valence-electron chi connectivity index (χ2n) is 3.47. The SMILES string of the molecule is Cc1c(C(=O)O)nn(-c2ccccc2F)c1O. The summed E-state index contributed by atoms with van der Waals surface area (Å²) in [6, 6.07) is 5.65. The molecule has 6 heteroatoms. The van der Waals surface area contributed by atoms with Gasteiger partial charge in [0, 0.05) is 5.56 Å². The number of hydrogen-bond acceptors (Lipinski definition) is 3. The second-order valence-corrected chi connectivity index (χ2v) is 3.47. The van der Waals surface area contributed by atoms with E-state index in [0.717, 1.165) is 4.68 Å². The van der Waals surface area contributed by atoms with E-state index in [1.165, 1.54) is 25.1 Å². The van der Waals surface area contributed by atoms with Gasteiger partial charge in [-0.2, -0.15) is 9.78 Å². The number of halogens is 1. The van der Waals surface area contributed by atoms with Crippen LogP contribution >= 0.6 is 0 Å². The zero-order valence-corrected chi connectivity index (χ0v) is 8.88. The van der Waals surface area contributed by atoms with E-state index in [4.69, 9.17) is 5.11 Å². The lowest BCUT2D eigenvalue weighted by atomic mass is 10.2. The van der Waals surface area contributed by atoms with Crippen LogP contribution in [0.1, 0.15) is 16.1 Å². The van der Waals surface area contributed by atoms with Gasteiger partial charge in [-0.05, 0) is 19.1 Å². The van der Waals surface area contributed by atoms with Crippen LogP contribution in [0.15, 0.2) is 24.3 Å². The molecule has 0 saturated carbocycles. The van der Waals surface area contributed by atoms with Crippen molar-refractivity contribution in [2.45, 2.75) is 6.92 Å². The number of aromatic carboxylic acids is 1. The van der Waals surface area contributed by atoms with Crippen LogP contribution in [0.3, 0.4) is 0 Å². The Balaban J connectivity index is 2.66. The minimum absolute atomic E-state index is 0.000556. The molecule has 2 N–H and O–H groups in total. The molecule has 0 fully saturated rings. The third-order valence-corrected chi connectivity index (χ3v) is 2.37. The van der Waals surface area contributed by atoms with Gasteiger partial charge in [-0.1, -0.05) is 12.1 Å². The number of carboxylic acids is 1. The summed E-state index contributed by atoms with van der Waals surface area (Å²) >= 11 is 0. The maximum Gasteiger partial charge on any atom is 0.356 e. The maximum absolute atomic E-state index is 13.5. The smallest absolute Gasteiger partial charge is 0.356 e. The highest BCUT2D eigenvalue weighted by Gasteiger charge is 2.20. The number of para-hydroxylation sites is 1. The fourth-order valence-corrected chi connectivity index (χ4v) is 1.48. The zero-order valence-electron chi connectivity index (χ0n) is 8.88. The number of aromatic nitrogens is 2. The van der Waals surface area contributed by atoms with Crippen molar-refractivity contribution in [1.29, 1.82) is 0 Å². The summed E-state index contributed by atoms with van der Waals surface area (Å²) in [5.41, 5.74) is -0.202. The third-order valence-electron chi connectivity index (χ3n) is 2.37. The zero-order chi connectivity index (χ0) is 12.6. The van der Waals surface area contributed by atoms with Crippen LogP contribution in [0.5, 0.6) is 5.88 Å². The Morgan fingerprint density at radius 1 is 1.41 bits per heavy atom. The van der Waals surface area contributed by atoms with Crippen molar-refractivity contribution < 1.29 is 19.4 Å². The number of aromatic hydroxyl groups is 1. The summed E-state index contributed by atoms with van der Waals surface area (Å²) in [5, 5.41) is 22.2. The standard InChI is InChI=1S/C11H9FN2O3/c1-6-9(11(16)17)13-14(10(6)15)8-5-3-2-4-7(8)12/h2-5,15H,1H3,(H,16,17). The van der Waals surface area contributed by atoms with Crippen molar-refractivity contribution >= 4 is 5.97 Å². The molecular weight excluding hydrogens is 227 g/mol. The summed E-state index contributed by atoms with van der Waals surface area (Å²) < 4.78 is 14.3. The van der Waals surface area contributed by atoms with Crippen LogP contribution in [-0.2, 0) is 0 Å². The van der Waals surface area contributed by atoms with E-state index in [2.05, 4.69) is 5.10 Å². The summed E-state index contributed by atoms with van der Waals surface area (Å²) in [4.78, 5) is 10.8. The van der Waals surface area contributed by atoms with E-state index < -0.39 is 11.8 Å². The van der Waals surface area contributed by atoms with Crippen molar-refractivity contribution in [3.8, 4) is 11.6 Å². The molecule has 0 aliphatic rings. The Bertz CT molecular complexity index is 592. The fourth-order valence-electron chi connectivity index (χ4n) is 1.48. The first-order valence-electron chi connectivity index (χ1n) is 4.79. The molecule has 0 amide bonds. The largest absolute Gasteiger partial charge is 0.493 e. The van der Waals surface area contributed by atoms with E-state index in [0.29, 0.717) is 0 Å². The highest BCUT2D eigenvalue weighted by atomic mass is 19.1. The van der Waals surface area contributed by atoms with Crippen molar-refractivity contribution in [3.05, 3.63) is 41.3 Å². The summed E-state index contributed by atoms with van der Waals surface area (Å²) in [6.07, 6.45) is 0. The Morgan fingerprint density at radius 2 is 2.06 bits per heavy atom. The quantitative estimate of drug-likeness (QED) is 0.832. The maximum atomic E-state index is 13.5. The topological polar surface area (TPSA) is 75.3 Å². The highest BCUT2D eigenvalue weighted by molar-refractivity contribution is 5.87. The molecule has 5 nitrogen and oxygen atoms in total. The molecule has 0 aliphatic carbocycles. The summed E-state index contributed by atoms with van der Waals surface area (Å²) in [6.45, 7) is 1.41. The molecule has 0 unspecified atom stereocenters. The average molecular weight is 236 g/mol. The highest BCUT2D eigenvalue weighted by Crippen LogP contribution is 2.25. The summed E-state index contributed by atoms with van der Waals surface area (Å²) in [7, 11) is 0. The van der Waals surface area contributed by atoms with Gasteiger partial charge >= 0.3 is 5.97 Å². The third kappa shape index (κ3) is 1.73. The van der Waals surface area contributed by atoms with Crippen LogP contribution in [0, 0.1) is 12.7 Å². The van der Waals surface area contributed by atoms with Crippen LogP contribution in [0.2, 0.25) is 0 Å². The number of nitrogens with zero attached hydrogens (tertiary/aromatic N) is 2. The normalized spacial score (nSPS) is 10.5. The summed E-state index contributed by atoms with van der Waals surface area (Å²) in [5.74, 6) is -2.25. The molecule has 1 aromatic heterocycles. The van der Waals surface area contributed by atoms with Crippen LogP contribution in [0.4, 0.5) is 4.39 Å². The molecule has 2 aromatic rings. The van der Waals surface area contributed by atoms with E-state index in [-0.39, 0.29) is 22.8 Å². The van der Waals surface area contributed by atoms with E-state index >= 15 is 0 Å². The van der Waals surface area contributed by atoms with Gasteiger partial charge in [0.15, 0.2) is 5.69 Å². The van der Waals surface area contributed by atoms with Gasteiger partial charge in [0.25, 0.3) is 0 Å². The molecule has 0 bridgehead atoms. The van der Waals surface area contributed by atoms with Crippen LogP contribution in [-0.4, -0.2) is 26.0 Å². The molecule has 0 atom stereocenters. The van der Waals surface area contributed by atoms with Gasteiger partial charge in [0.2, 0.25) is 5.88 Å². The molecular formula is C11H9FN2O3. The van der Waals surface area contributed by atoms with Crippen LogP contribution < -0.4 is 0 Å². The Kier molecular flexibility index (Phi) is 2.55. The molecule has 0 radical (unpaired) electrons. The molecule has 1 aromatic carbocycles. The van der Waals surface area contributed by atoms with Gasteiger partial charge < -0.3 is 10.2 Å². The van der Waals surface area contributed by atoms with Gasteiger partial charge in [0.05, 0.1) is 0 Å². The number of rotatable bonds is 2. The number of hydrogen-bond donors (Lipinski definition) is 2. The lowest BCUT2D eigenvalue weighted by Gasteiger charge is -2.03. The van der Waals surface area contributed by atoms with Crippen LogP contribution in [0.25, 0.3) is 5.69 Å².